The third-order valence-corrected chi connectivity index (χ3v) is 2.85. The fourth-order valence-corrected chi connectivity index (χ4v) is 1.92. The number of ether oxygens (including phenoxy) is 1. The van der Waals surface area contributed by atoms with Crippen molar-refractivity contribution < 1.29 is 14.6 Å². The lowest BCUT2D eigenvalue weighted by atomic mass is 9.89. The Morgan fingerprint density at radius 2 is 2.25 bits per heavy atom. The van der Waals surface area contributed by atoms with E-state index in [2.05, 4.69) is 18.7 Å². The van der Waals surface area contributed by atoms with Gasteiger partial charge in [-0.3, -0.25) is 0 Å². The Hall–Kier alpha value is -1.09. The lowest BCUT2D eigenvalue weighted by Crippen LogP contribution is -2.31. The van der Waals surface area contributed by atoms with E-state index in [4.69, 9.17) is 4.74 Å². The summed E-state index contributed by atoms with van der Waals surface area (Å²) in [6, 6.07) is 0. The summed E-state index contributed by atoms with van der Waals surface area (Å²) in [5.74, 6) is -0.489. The van der Waals surface area contributed by atoms with Crippen molar-refractivity contribution in [2.24, 2.45) is 5.92 Å². The Kier molecular flexibility index (Phi) is 5.86. The number of aliphatic hydroxyl groups excluding tert-OH is 1. The van der Waals surface area contributed by atoms with Crippen LogP contribution in [0.4, 0.5) is 0 Å². The van der Waals surface area contributed by atoms with Gasteiger partial charge in [0.05, 0.1) is 0 Å². The predicted octanol–water partition coefficient (Wildman–Crippen LogP) is 2.21. The molecule has 1 aliphatic carbocycles. The van der Waals surface area contributed by atoms with Gasteiger partial charge in [-0.15, -0.1) is 0 Å². The Balaban J connectivity index is 2.43. The Morgan fingerprint density at radius 1 is 1.50 bits per heavy atom. The van der Waals surface area contributed by atoms with E-state index in [9.17, 15) is 9.90 Å². The van der Waals surface area contributed by atoms with E-state index in [1.807, 2.05) is 0 Å². The van der Waals surface area contributed by atoms with Gasteiger partial charge in [-0.25, -0.2) is 4.79 Å². The van der Waals surface area contributed by atoms with Crippen LogP contribution in [0.1, 0.15) is 32.1 Å². The van der Waals surface area contributed by atoms with Crippen LogP contribution in [0.3, 0.4) is 0 Å². The molecule has 0 aromatic rings. The first-order chi connectivity index (χ1) is 7.75. The van der Waals surface area contributed by atoms with Gasteiger partial charge in [-0.2, -0.15) is 0 Å². The van der Waals surface area contributed by atoms with Crippen LogP contribution in [0.15, 0.2) is 24.8 Å². The van der Waals surface area contributed by atoms with Gasteiger partial charge in [0, 0.05) is 0 Å². The number of aliphatic hydroxyl groups is 1. The molecule has 3 nitrogen and oxygen atoms in total. The van der Waals surface area contributed by atoms with Gasteiger partial charge in [0.2, 0.25) is 0 Å². The van der Waals surface area contributed by atoms with Crippen molar-refractivity contribution in [1.29, 1.82) is 0 Å². The van der Waals surface area contributed by atoms with Crippen molar-refractivity contribution in [3.8, 4) is 0 Å². The maximum atomic E-state index is 11.5. The van der Waals surface area contributed by atoms with Crippen molar-refractivity contribution in [2.45, 2.75) is 38.2 Å². The molecule has 0 aromatic heterocycles. The minimum atomic E-state index is -0.980. The number of hydrogen-bond donors (Lipinski definition) is 1. The highest BCUT2D eigenvalue weighted by Gasteiger charge is 2.26. The second kappa shape index (κ2) is 7.23. The van der Waals surface area contributed by atoms with Crippen molar-refractivity contribution in [1.82, 2.24) is 0 Å². The first-order valence-electron chi connectivity index (χ1n) is 5.86. The van der Waals surface area contributed by atoms with Crippen molar-refractivity contribution in [3.05, 3.63) is 24.8 Å². The van der Waals surface area contributed by atoms with Gasteiger partial charge in [-0.1, -0.05) is 24.8 Å². The van der Waals surface area contributed by atoms with Gasteiger partial charge < -0.3 is 9.84 Å². The molecular formula is C13H20O3. The summed E-state index contributed by atoms with van der Waals surface area (Å²) < 4.78 is 4.85. The van der Waals surface area contributed by atoms with Crippen LogP contribution in [0.5, 0.6) is 0 Å². The fraction of sp³-hybridized carbons (Fsp3) is 0.615. The number of rotatable bonds is 4. The molecule has 16 heavy (non-hydrogen) atoms. The SMILES string of the molecule is C=CCOC(=O)C(O)C1CCC=CCCC1. The molecule has 0 saturated heterocycles. The van der Waals surface area contributed by atoms with E-state index >= 15 is 0 Å². The fourth-order valence-electron chi connectivity index (χ4n) is 1.92. The molecule has 1 N–H and O–H groups in total. The Labute approximate surface area is 96.8 Å². The Bertz CT molecular complexity index is 258. The second-order valence-corrected chi connectivity index (χ2v) is 4.10. The van der Waals surface area contributed by atoms with Gasteiger partial charge in [0.15, 0.2) is 6.10 Å². The minimum absolute atomic E-state index is 0.0299. The van der Waals surface area contributed by atoms with E-state index in [1.165, 1.54) is 6.08 Å². The van der Waals surface area contributed by atoms with Crippen LogP contribution in [-0.2, 0) is 9.53 Å². The average molecular weight is 224 g/mol. The zero-order chi connectivity index (χ0) is 11.8. The van der Waals surface area contributed by atoms with Crippen LogP contribution < -0.4 is 0 Å². The third kappa shape index (κ3) is 4.19. The summed E-state index contributed by atoms with van der Waals surface area (Å²) in [7, 11) is 0. The quantitative estimate of drug-likeness (QED) is 0.588. The second-order valence-electron chi connectivity index (χ2n) is 4.10. The topological polar surface area (TPSA) is 46.5 Å². The van der Waals surface area contributed by atoms with Gasteiger partial charge in [0.25, 0.3) is 0 Å². The summed E-state index contributed by atoms with van der Waals surface area (Å²) in [4.78, 5) is 11.5. The number of carbonyl (C=O) groups excluding carboxylic acids is 1. The largest absolute Gasteiger partial charge is 0.460 e. The molecule has 0 heterocycles. The number of allylic oxidation sites excluding steroid dienone is 2. The lowest BCUT2D eigenvalue weighted by molar-refractivity contribution is -0.155. The van der Waals surface area contributed by atoms with Crippen molar-refractivity contribution >= 4 is 5.97 Å². The minimum Gasteiger partial charge on any atom is -0.460 e. The average Bonchev–Trinajstić information content (AvgIpc) is 2.24. The van der Waals surface area contributed by atoms with E-state index < -0.39 is 12.1 Å². The highest BCUT2D eigenvalue weighted by Crippen LogP contribution is 2.22. The summed E-state index contributed by atoms with van der Waals surface area (Å²) in [6.07, 6.45) is 9.52. The highest BCUT2D eigenvalue weighted by molar-refractivity contribution is 5.74. The maximum absolute atomic E-state index is 11.5. The molecule has 90 valence electrons. The van der Waals surface area contributed by atoms with E-state index in [-0.39, 0.29) is 12.5 Å². The standard InChI is InChI=1S/C13H20O3/c1-2-10-16-13(15)12(14)11-8-6-4-3-5-7-9-11/h2-4,11-12,14H,1,5-10H2. The maximum Gasteiger partial charge on any atom is 0.335 e. The molecule has 2 atom stereocenters. The molecular weight excluding hydrogens is 204 g/mol. The smallest absolute Gasteiger partial charge is 0.335 e. The molecule has 0 spiro atoms. The van der Waals surface area contributed by atoms with E-state index in [1.54, 1.807) is 0 Å². The third-order valence-electron chi connectivity index (χ3n) is 2.85. The summed E-state index contributed by atoms with van der Waals surface area (Å²) >= 11 is 0. The van der Waals surface area contributed by atoms with Gasteiger partial charge in [-0.05, 0) is 38.0 Å². The molecule has 3 heteroatoms. The zero-order valence-corrected chi connectivity index (χ0v) is 9.60. The highest BCUT2D eigenvalue weighted by atomic mass is 16.5. The van der Waals surface area contributed by atoms with Gasteiger partial charge in [0.1, 0.15) is 6.61 Å². The monoisotopic (exact) mass is 224 g/mol. The zero-order valence-electron chi connectivity index (χ0n) is 9.60. The molecule has 0 aliphatic heterocycles. The van der Waals surface area contributed by atoms with Crippen molar-refractivity contribution in [3.63, 3.8) is 0 Å². The van der Waals surface area contributed by atoms with Crippen molar-refractivity contribution in [2.75, 3.05) is 6.61 Å². The van der Waals surface area contributed by atoms with Gasteiger partial charge >= 0.3 is 5.97 Å². The van der Waals surface area contributed by atoms with Crippen LogP contribution in [0.25, 0.3) is 0 Å². The molecule has 0 saturated carbocycles. The molecule has 0 radical (unpaired) electrons. The molecule has 1 aliphatic rings. The number of esters is 1. The molecule has 2 unspecified atom stereocenters. The molecule has 1 rings (SSSR count). The molecule has 0 amide bonds. The van der Waals surface area contributed by atoms with Crippen LogP contribution in [-0.4, -0.2) is 23.8 Å². The molecule has 0 fully saturated rings. The normalized spacial score (nSPS) is 22.9. The van der Waals surface area contributed by atoms with Crippen LogP contribution >= 0.6 is 0 Å². The lowest BCUT2D eigenvalue weighted by Gasteiger charge is -2.21. The first-order valence-corrected chi connectivity index (χ1v) is 5.86. The van der Waals surface area contributed by atoms with E-state index in [0.29, 0.717) is 0 Å². The summed E-state index contributed by atoms with van der Waals surface area (Å²) in [5, 5.41) is 9.85. The number of hydrogen-bond acceptors (Lipinski definition) is 3. The Morgan fingerprint density at radius 3 is 3.00 bits per heavy atom. The molecule has 0 bridgehead atoms. The molecule has 0 aromatic carbocycles. The first kappa shape index (κ1) is 13.0. The van der Waals surface area contributed by atoms with Crippen LogP contribution in [0.2, 0.25) is 0 Å². The summed E-state index contributed by atoms with van der Waals surface area (Å²) in [6.45, 7) is 3.63. The van der Waals surface area contributed by atoms with E-state index in [0.717, 1.165) is 32.1 Å². The predicted molar refractivity (Wildman–Crippen MR) is 62.9 cm³/mol. The van der Waals surface area contributed by atoms with Crippen LogP contribution in [0, 0.1) is 5.92 Å². The summed E-state index contributed by atoms with van der Waals surface area (Å²) in [5.41, 5.74) is 0. The number of carbonyl (C=O) groups is 1.